The third-order valence-corrected chi connectivity index (χ3v) is 20.3. The molecule has 2 aromatic heterocycles. The molecule has 0 radical (unpaired) electrons. The van der Waals surface area contributed by atoms with E-state index in [1.165, 1.54) is 10.8 Å². The molecule has 15 aromatic carbocycles. The van der Waals surface area contributed by atoms with Gasteiger partial charge < -0.3 is 23.8 Å². The summed E-state index contributed by atoms with van der Waals surface area (Å²) in [6.45, 7) is -0.333. The van der Waals surface area contributed by atoms with E-state index in [0.717, 1.165) is 156 Å². The minimum Gasteiger partial charge on any atom is -0.311 e. The Morgan fingerprint density at radius 2 is 0.700 bits per heavy atom. The van der Waals surface area contributed by atoms with Gasteiger partial charge in [0, 0.05) is 89.3 Å². The molecule has 0 N–H and O–H groups in total. The van der Waals surface area contributed by atoms with Crippen molar-refractivity contribution >= 4 is 118 Å². The van der Waals surface area contributed by atoms with Crippen molar-refractivity contribution in [3.8, 4) is 68.0 Å². The number of hydrogen-bond acceptors (Lipinski definition) is 5. The number of fused-ring (bicyclic) bond motifs is 10. The zero-order chi connectivity index (χ0) is 66.4. The highest BCUT2D eigenvalue weighted by atomic mass is 15.2. The molecule has 17 aromatic rings. The Morgan fingerprint density at radius 1 is 0.280 bits per heavy atom. The number of benzene rings is 15. The lowest BCUT2D eigenvalue weighted by atomic mass is 9.33. The fraction of sp³-hybridized carbons (Fsp3) is 0. The average molecular weight is 1270 g/mol. The number of para-hydroxylation sites is 8. The molecule has 7 nitrogen and oxygen atoms in total. The number of nitrogens with zero attached hydrogens (tertiary/aromatic N) is 7. The van der Waals surface area contributed by atoms with Gasteiger partial charge in [0.2, 0.25) is 0 Å². The quantitative estimate of drug-likeness (QED) is 0.121. The molecule has 19 rings (SSSR count). The molecule has 8 heteroatoms. The highest BCUT2D eigenvalue weighted by Gasteiger charge is 2.45. The Balaban J connectivity index is 0.950. The zero-order valence-corrected chi connectivity index (χ0v) is 54.2. The summed E-state index contributed by atoms with van der Waals surface area (Å²) >= 11 is 0. The first-order valence-electron chi connectivity index (χ1n) is 33.9. The number of hydrogen-bond donors (Lipinski definition) is 0. The molecule has 100 heavy (non-hydrogen) atoms. The standard InChI is InChI=1S/C92H58BN7/c94-59-61-45-52-87(96(67-29-9-3-10-30-67)68-31-11-4-12-32-68)78(53-61)64-47-50-79-88(54-64)99(81-39-19-13-33-71(81)62-25-5-1-6-26-62)90-55-66(77-57-69(48-46-65(77)60-95)97-83-41-21-15-35-73(83)74-36-16-22-42-84(74)97)56-91-92(90)93(79)80-51-49-70(98-85-43-23-17-37-75(85)76-38-18-24-44-86(76)98)58-89(80)100(91)82-40-20-14-34-72(82)63-27-7-2-8-28-63/h1-58H. The molecular formula is C92H58BN7. The maximum absolute atomic E-state index is 11.7. The largest absolute Gasteiger partial charge is 0.311 e. The molecule has 0 bridgehead atoms. The molecular weight excluding hydrogens is 1210 g/mol. The molecule has 0 unspecified atom stereocenters. The van der Waals surface area contributed by atoms with Gasteiger partial charge in [-0.2, -0.15) is 10.5 Å². The number of anilines is 9. The molecule has 2 aliphatic rings. The van der Waals surface area contributed by atoms with Crippen LogP contribution in [0, 0.1) is 22.7 Å². The van der Waals surface area contributed by atoms with Crippen LogP contribution in [0.3, 0.4) is 0 Å². The van der Waals surface area contributed by atoms with Crippen molar-refractivity contribution < 1.29 is 0 Å². The topological polar surface area (TPSA) is 67.2 Å². The molecule has 0 saturated carbocycles. The molecule has 0 aliphatic carbocycles. The third kappa shape index (κ3) is 9.20. The first kappa shape index (κ1) is 57.8. The van der Waals surface area contributed by atoms with E-state index < -0.39 is 0 Å². The van der Waals surface area contributed by atoms with Crippen LogP contribution in [0.2, 0.25) is 0 Å². The van der Waals surface area contributed by atoms with Gasteiger partial charge in [-0.3, -0.25) is 0 Å². The average Bonchev–Trinajstić information content (AvgIpc) is 0.876. The first-order chi connectivity index (χ1) is 49.6. The second kappa shape index (κ2) is 23.6. The molecule has 464 valence electrons. The van der Waals surface area contributed by atoms with Gasteiger partial charge in [0.15, 0.2) is 0 Å². The Bertz CT molecular complexity index is 6080. The van der Waals surface area contributed by atoms with Crippen LogP contribution in [0.4, 0.5) is 51.2 Å². The highest BCUT2D eigenvalue weighted by molar-refractivity contribution is 7.00. The van der Waals surface area contributed by atoms with Gasteiger partial charge in [-0.1, -0.05) is 224 Å². The van der Waals surface area contributed by atoms with Crippen LogP contribution in [-0.4, -0.2) is 15.8 Å². The second-order valence-corrected chi connectivity index (χ2v) is 25.7. The SMILES string of the molecule is N#Cc1ccc(N(c2ccccc2)c2ccccc2)c(-c2ccc3c(c2)N(c2ccccc2-c2ccccc2)c2cc(-c4cc(-n5c6ccccc6c6ccccc65)ccc4C#N)cc4c2B3c2ccc(-n3c5ccccc5c5ccccc53)cc2N4c2ccccc2-c2ccccc2)c1. The van der Waals surface area contributed by atoms with Crippen molar-refractivity contribution in [2.75, 3.05) is 14.7 Å². The summed E-state index contributed by atoms with van der Waals surface area (Å²) in [6, 6.07) is 131. The van der Waals surface area contributed by atoms with E-state index in [9.17, 15) is 10.5 Å². The lowest BCUT2D eigenvalue weighted by Crippen LogP contribution is -2.61. The van der Waals surface area contributed by atoms with E-state index in [1.807, 2.05) is 30.3 Å². The van der Waals surface area contributed by atoms with Crippen molar-refractivity contribution in [1.82, 2.24) is 9.13 Å². The van der Waals surface area contributed by atoms with Gasteiger partial charge in [0.1, 0.15) is 0 Å². The predicted octanol–water partition coefficient (Wildman–Crippen LogP) is 21.8. The van der Waals surface area contributed by atoms with Gasteiger partial charge in [-0.15, -0.1) is 0 Å². The molecule has 0 atom stereocenters. The highest BCUT2D eigenvalue weighted by Crippen LogP contribution is 2.52. The van der Waals surface area contributed by atoms with Gasteiger partial charge in [-0.25, -0.2) is 0 Å². The number of nitriles is 2. The van der Waals surface area contributed by atoms with E-state index in [-0.39, 0.29) is 6.71 Å². The smallest absolute Gasteiger partial charge is 0.252 e. The second-order valence-electron chi connectivity index (χ2n) is 25.7. The molecule has 0 amide bonds. The minimum atomic E-state index is -0.333. The minimum absolute atomic E-state index is 0.333. The van der Waals surface area contributed by atoms with Crippen molar-refractivity contribution in [1.29, 1.82) is 10.5 Å². The van der Waals surface area contributed by atoms with E-state index in [2.05, 4.69) is 357 Å². The summed E-state index contributed by atoms with van der Waals surface area (Å²) in [4.78, 5) is 7.32. The summed E-state index contributed by atoms with van der Waals surface area (Å²) in [7, 11) is 0. The summed E-state index contributed by atoms with van der Waals surface area (Å²) in [5.74, 6) is 0. The molecule has 2 aliphatic heterocycles. The fourth-order valence-corrected chi connectivity index (χ4v) is 16.0. The van der Waals surface area contributed by atoms with Gasteiger partial charge >= 0.3 is 0 Å². The fourth-order valence-electron chi connectivity index (χ4n) is 16.0. The van der Waals surface area contributed by atoms with Crippen LogP contribution in [0.5, 0.6) is 0 Å². The Morgan fingerprint density at radius 3 is 1.20 bits per heavy atom. The van der Waals surface area contributed by atoms with E-state index in [1.54, 1.807) is 0 Å². The van der Waals surface area contributed by atoms with Crippen molar-refractivity contribution in [2.45, 2.75) is 0 Å². The summed E-state index contributed by atoms with van der Waals surface area (Å²) in [6.07, 6.45) is 0. The van der Waals surface area contributed by atoms with Crippen LogP contribution >= 0.6 is 0 Å². The lowest BCUT2D eigenvalue weighted by molar-refractivity contribution is 1.17. The Labute approximate surface area is 579 Å². The Hall–Kier alpha value is -13.7. The van der Waals surface area contributed by atoms with Crippen molar-refractivity contribution in [2.24, 2.45) is 0 Å². The summed E-state index contributed by atoms with van der Waals surface area (Å²) in [5.41, 5.74) is 27.5. The molecule has 4 heterocycles. The first-order valence-corrected chi connectivity index (χ1v) is 33.9. The Kier molecular flexibility index (Phi) is 13.6. The van der Waals surface area contributed by atoms with Crippen LogP contribution in [-0.2, 0) is 0 Å². The van der Waals surface area contributed by atoms with Gasteiger partial charge in [0.25, 0.3) is 6.71 Å². The predicted molar refractivity (Wildman–Crippen MR) is 415 cm³/mol. The van der Waals surface area contributed by atoms with Crippen molar-refractivity contribution in [3.63, 3.8) is 0 Å². The molecule has 0 spiro atoms. The molecule has 0 saturated heterocycles. The van der Waals surface area contributed by atoms with Crippen molar-refractivity contribution in [3.05, 3.63) is 363 Å². The summed E-state index contributed by atoms with van der Waals surface area (Å²) in [5, 5.41) is 27.2. The monoisotopic (exact) mass is 1270 g/mol. The third-order valence-electron chi connectivity index (χ3n) is 20.3. The zero-order valence-electron chi connectivity index (χ0n) is 54.2. The van der Waals surface area contributed by atoms with Crippen LogP contribution in [0.25, 0.3) is 99.5 Å². The number of rotatable bonds is 11. The maximum atomic E-state index is 11.7. The van der Waals surface area contributed by atoms with Crippen LogP contribution < -0.4 is 31.1 Å². The normalized spacial score (nSPS) is 12.1. The summed E-state index contributed by atoms with van der Waals surface area (Å²) < 4.78 is 4.77. The van der Waals surface area contributed by atoms with Crippen LogP contribution in [0.1, 0.15) is 11.1 Å². The van der Waals surface area contributed by atoms with E-state index in [0.29, 0.717) is 11.1 Å². The molecule has 0 fully saturated rings. The van der Waals surface area contributed by atoms with Gasteiger partial charge in [-0.05, 0) is 166 Å². The van der Waals surface area contributed by atoms with Gasteiger partial charge in [0.05, 0.1) is 62.4 Å². The van der Waals surface area contributed by atoms with Crippen LogP contribution in [0.15, 0.2) is 352 Å². The maximum Gasteiger partial charge on any atom is 0.252 e. The van der Waals surface area contributed by atoms with E-state index in [4.69, 9.17) is 0 Å². The van der Waals surface area contributed by atoms with E-state index >= 15 is 0 Å². The lowest BCUT2D eigenvalue weighted by Gasteiger charge is -2.45. The number of aromatic nitrogens is 2.